The summed E-state index contributed by atoms with van der Waals surface area (Å²) in [5, 5.41) is 1.24. The van der Waals surface area contributed by atoms with Crippen LogP contribution in [0, 0.1) is 0 Å². The molecule has 2 rings (SSSR count). The zero-order valence-corrected chi connectivity index (χ0v) is 10.7. The van der Waals surface area contributed by atoms with Crippen LogP contribution in [-0.4, -0.2) is 4.98 Å². The zero-order chi connectivity index (χ0) is 7.68. The average Bonchev–Trinajstić information content (AvgIpc) is 2.47. The number of aromatic amines is 1. The van der Waals surface area contributed by atoms with Gasteiger partial charge in [0.1, 0.15) is 0 Å². The van der Waals surface area contributed by atoms with Crippen molar-refractivity contribution in [1.82, 2.24) is 4.98 Å². The highest BCUT2D eigenvalue weighted by atomic mass is 127. The number of hydrogen-bond acceptors (Lipinski definition) is 1. The molecule has 1 aromatic heterocycles. The maximum atomic E-state index is 3.17. The molecular formula is C8H8I2N2. The SMILES string of the molecule is I.INc1c[nH]c2ccccc12. The lowest BCUT2D eigenvalue weighted by molar-refractivity contribution is 1.48. The lowest BCUT2D eigenvalue weighted by Crippen LogP contribution is -1.73. The number of rotatable bonds is 1. The van der Waals surface area contributed by atoms with E-state index in [9.17, 15) is 0 Å². The smallest absolute Gasteiger partial charge is 0.0684 e. The monoisotopic (exact) mass is 386 g/mol. The van der Waals surface area contributed by atoms with Crippen molar-refractivity contribution in [1.29, 1.82) is 0 Å². The first kappa shape index (κ1) is 10.1. The minimum absolute atomic E-state index is 0. The van der Waals surface area contributed by atoms with Gasteiger partial charge in [-0.05, 0) is 6.07 Å². The molecule has 0 fully saturated rings. The summed E-state index contributed by atoms with van der Waals surface area (Å²) in [7, 11) is 0. The van der Waals surface area contributed by atoms with Crippen LogP contribution in [0.2, 0.25) is 0 Å². The van der Waals surface area contributed by atoms with Gasteiger partial charge in [-0.25, -0.2) is 0 Å². The van der Waals surface area contributed by atoms with Crippen LogP contribution in [0.3, 0.4) is 0 Å². The van der Waals surface area contributed by atoms with E-state index < -0.39 is 0 Å². The third-order valence-electron chi connectivity index (χ3n) is 1.69. The van der Waals surface area contributed by atoms with E-state index in [0.717, 1.165) is 5.69 Å². The van der Waals surface area contributed by atoms with Gasteiger partial charge in [-0.1, -0.05) is 18.2 Å². The van der Waals surface area contributed by atoms with Crippen molar-refractivity contribution in [3.63, 3.8) is 0 Å². The second-order valence-electron chi connectivity index (χ2n) is 2.34. The fourth-order valence-corrected chi connectivity index (χ4v) is 1.60. The molecule has 2 aromatic rings. The summed E-state index contributed by atoms with van der Waals surface area (Å²) in [4.78, 5) is 3.17. The number of hydrogen-bond donors (Lipinski definition) is 2. The second kappa shape index (κ2) is 4.31. The number of benzene rings is 1. The normalized spacial score (nSPS) is 9.42. The predicted octanol–water partition coefficient (Wildman–Crippen LogP) is 3.55. The van der Waals surface area contributed by atoms with E-state index >= 15 is 0 Å². The summed E-state index contributed by atoms with van der Waals surface area (Å²) in [6, 6.07) is 8.21. The highest BCUT2D eigenvalue weighted by Gasteiger charge is 1.98. The van der Waals surface area contributed by atoms with E-state index in [-0.39, 0.29) is 24.0 Å². The Hall–Kier alpha value is 0.0200. The molecule has 0 saturated carbocycles. The Morgan fingerprint density at radius 1 is 1.25 bits per heavy atom. The lowest BCUT2D eigenvalue weighted by atomic mass is 10.2. The number of H-pyrrole nitrogens is 1. The van der Waals surface area contributed by atoms with E-state index in [2.05, 4.69) is 43.5 Å². The summed E-state index contributed by atoms with van der Waals surface area (Å²) in [6.45, 7) is 0. The van der Waals surface area contributed by atoms with E-state index in [1.54, 1.807) is 0 Å². The molecule has 0 aliphatic rings. The third-order valence-corrected chi connectivity index (χ3v) is 2.27. The van der Waals surface area contributed by atoms with Crippen LogP contribution in [0.15, 0.2) is 30.5 Å². The molecule has 1 heterocycles. The zero-order valence-electron chi connectivity index (χ0n) is 6.17. The quantitative estimate of drug-likeness (QED) is 0.570. The third kappa shape index (κ3) is 1.68. The van der Waals surface area contributed by atoms with Gasteiger partial charge < -0.3 is 8.51 Å². The lowest BCUT2D eigenvalue weighted by Gasteiger charge is -1.92. The molecule has 2 N–H and O–H groups in total. The Bertz CT molecular complexity index is 370. The number of aromatic nitrogens is 1. The Morgan fingerprint density at radius 3 is 2.75 bits per heavy atom. The van der Waals surface area contributed by atoms with Crippen LogP contribution in [0.5, 0.6) is 0 Å². The van der Waals surface area contributed by atoms with Crippen LogP contribution in [0.4, 0.5) is 5.69 Å². The van der Waals surface area contributed by atoms with Gasteiger partial charge in [0.05, 0.1) is 28.6 Å². The molecule has 4 heteroatoms. The van der Waals surface area contributed by atoms with E-state index in [1.807, 2.05) is 18.3 Å². The standard InChI is InChI=1S/C8H7IN2.HI/c9-11-8-5-10-7-4-2-1-3-6(7)8;/h1-5,10-11H;1H. The number of anilines is 1. The number of fused-ring (bicyclic) bond motifs is 1. The van der Waals surface area contributed by atoms with E-state index in [4.69, 9.17) is 0 Å². The molecule has 12 heavy (non-hydrogen) atoms. The van der Waals surface area contributed by atoms with Crippen molar-refractivity contribution in [3.8, 4) is 0 Å². The van der Waals surface area contributed by atoms with Crippen LogP contribution in [-0.2, 0) is 0 Å². The number of halogens is 2. The molecule has 0 unspecified atom stereocenters. The number of para-hydroxylation sites is 1. The summed E-state index contributed by atoms with van der Waals surface area (Å²) in [6.07, 6.45) is 1.97. The summed E-state index contributed by atoms with van der Waals surface area (Å²) < 4.78 is 3.09. The van der Waals surface area contributed by atoms with Gasteiger partial charge in [0.15, 0.2) is 0 Å². The van der Waals surface area contributed by atoms with Gasteiger partial charge in [0.2, 0.25) is 0 Å². The van der Waals surface area contributed by atoms with Crippen molar-refractivity contribution < 1.29 is 0 Å². The van der Waals surface area contributed by atoms with Crippen molar-refractivity contribution in [3.05, 3.63) is 30.5 Å². The van der Waals surface area contributed by atoms with E-state index in [1.165, 1.54) is 10.9 Å². The van der Waals surface area contributed by atoms with Crippen molar-refractivity contribution >= 4 is 63.4 Å². The molecule has 0 bridgehead atoms. The highest BCUT2D eigenvalue weighted by Crippen LogP contribution is 2.23. The van der Waals surface area contributed by atoms with Crippen LogP contribution < -0.4 is 3.53 Å². The van der Waals surface area contributed by atoms with Gasteiger partial charge in [-0.3, -0.25) is 0 Å². The minimum atomic E-state index is 0. The molecular weight excluding hydrogens is 378 g/mol. The highest BCUT2D eigenvalue weighted by molar-refractivity contribution is 14.1. The molecule has 0 spiro atoms. The fourth-order valence-electron chi connectivity index (χ4n) is 1.15. The van der Waals surface area contributed by atoms with Crippen LogP contribution in [0.25, 0.3) is 10.9 Å². The molecule has 64 valence electrons. The molecule has 0 saturated heterocycles. The Kier molecular flexibility index (Phi) is 3.63. The summed E-state index contributed by atoms with van der Waals surface area (Å²) in [5.41, 5.74) is 2.31. The van der Waals surface area contributed by atoms with Crippen LogP contribution in [0.1, 0.15) is 0 Å². The Balaban J connectivity index is 0.000000720. The number of nitrogens with one attached hydrogen (secondary N) is 2. The average molecular weight is 386 g/mol. The molecule has 0 atom stereocenters. The fraction of sp³-hybridized carbons (Fsp3) is 0. The summed E-state index contributed by atoms with van der Waals surface area (Å²) in [5.74, 6) is 0. The van der Waals surface area contributed by atoms with Gasteiger partial charge in [-0.2, -0.15) is 0 Å². The van der Waals surface area contributed by atoms with Gasteiger partial charge >= 0.3 is 0 Å². The van der Waals surface area contributed by atoms with Gasteiger partial charge in [0, 0.05) is 17.1 Å². The van der Waals surface area contributed by atoms with Crippen molar-refractivity contribution in [2.75, 3.05) is 3.53 Å². The molecule has 1 aromatic carbocycles. The predicted molar refractivity (Wildman–Crippen MR) is 71.4 cm³/mol. The Labute approximate surface area is 102 Å². The van der Waals surface area contributed by atoms with Crippen LogP contribution >= 0.6 is 46.8 Å². The van der Waals surface area contributed by atoms with Crippen molar-refractivity contribution in [2.24, 2.45) is 0 Å². The first-order valence-corrected chi connectivity index (χ1v) is 4.42. The van der Waals surface area contributed by atoms with Gasteiger partial charge in [0.25, 0.3) is 0 Å². The second-order valence-corrected chi connectivity index (χ2v) is 2.88. The Morgan fingerprint density at radius 2 is 2.00 bits per heavy atom. The molecule has 2 nitrogen and oxygen atoms in total. The first-order valence-electron chi connectivity index (χ1n) is 3.34. The molecule has 0 aliphatic heterocycles. The topological polar surface area (TPSA) is 27.8 Å². The van der Waals surface area contributed by atoms with Gasteiger partial charge in [-0.15, -0.1) is 24.0 Å². The largest absolute Gasteiger partial charge is 0.359 e. The van der Waals surface area contributed by atoms with E-state index in [0.29, 0.717) is 0 Å². The molecule has 0 aliphatic carbocycles. The maximum Gasteiger partial charge on any atom is 0.0684 e. The summed E-state index contributed by atoms with van der Waals surface area (Å²) >= 11 is 2.13. The minimum Gasteiger partial charge on any atom is -0.359 e. The van der Waals surface area contributed by atoms with Crippen molar-refractivity contribution in [2.45, 2.75) is 0 Å². The molecule has 0 amide bonds. The maximum absolute atomic E-state index is 3.17. The first-order chi connectivity index (χ1) is 5.42. The molecule has 0 radical (unpaired) electrons.